The Hall–Kier alpha value is -0.610. The number of carbonyl (C=O) groups is 2. The Morgan fingerprint density at radius 2 is 2.00 bits per heavy atom. The van der Waals surface area contributed by atoms with Crippen molar-refractivity contribution in [3.05, 3.63) is 0 Å². The standard InChI is InChI=1S/C11H21ClN2O2/c1-3-5-8(6-10(12)15)7-14-9(4-2)11(13)16/h8-9,14H,3-7H2,1-2H3,(H2,13,16)/t8-,9+/m1/s1. The van der Waals surface area contributed by atoms with Gasteiger partial charge >= 0.3 is 0 Å². The number of hydrogen-bond donors (Lipinski definition) is 2. The molecule has 0 bridgehead atoms. The summed E-state index contributed by atoms with van der Waals surface area (Å²) in [5.41, 5.74) is 5.21. The summed E-state index contributed by atoms with van der Waals surface area (Å²) in [4.78, 5) is 21.8. The van der Waals surface area contributed by atoms with Crippen LogP contribution in [0, 0.1) is 5.92 Å². The van der Waals surface area contributed by atoms with E-state index in [2.05, 4.69) is 12.2 Å². The molecule has 0 saturated carbocycles. The van der Waals surface area contributed by atoms with Crippen molar-refractivity contribution in [3.8, 4) is 0 Å². The molecule has 5 heteroatoms. The SMILES string of the molecule is CCC[C@@H](CN[C@@H](CC)C(N)=O)CC(=O)Cl. The van der Waals surface area contributed by atoms with Crippen LogP contribution >= 0.6 is 11.6 Å². The van der Waals surface area contributed by atoms with Gasteiger partial charge in [-0.25, -0.2) is 0 Å². The minimum Gasteiger partial charge on any atom is -0.368 e. The Balaban J connectivity index is 4.08. The van der Waals surface area contributed by atoms with Crippen LogP contribution in [0.4, 0.5) is 0 Å². The van der Waals surface area contributed by atoms with E-state index in [-0.39, 0.29) is 23.1 Å². The van der Waals surface area contributed by atoms with Crippen LogP contribution in [-0.2, 0) is 9.59 Å². The third kappa shape index (κ3) is 6.80. The lowest BCUT2D eigenvalue weighted by atomic mass is 10.00. The first-order valence-corrected chi connectivity index (χ1v) is 6.10. The molecule has 0 aliphatic heterocycles. The summed E-state index contributed by atoms with van der Waals surface area (Å²) in [6.07, 6.45) is 2.91. The normalized spacial score (nSPS) is 14.4. The fourth-order valence-electron chi connectivity index (χ4n) is 1.67. The summed E-state index contributed by atoms with van der Waals surface area (Å²) in [5, 5.41) is 2.75. The van der Waals surface area contributed by atoms with Gasteiger partial charge in [-0.15, -0.1) is 0 Å². The Morgan fingerprint density at radius 1 is 1.38 bits per heavy atom. The van der Waals surface area contributed by atoms with Crippen molar-refractivity contribution in [2.75, 3.05) is 6.54 Å². The zero-order valence-electron chi connectivity index (χ0n) is 9.96. The summed E-state index contributed by atoms with van der Waals surface area (Å²) in [6, 6.07) is -0.315. The molecule has 94 valence electrons. The van der Waals surface area contributed by atoms with Gasteiger partial charge in [0.15, 0.2) is 0 Å². The number of halogens is 1. The molecule has 0 unspecified atom stereocenters. The lowest BCUT2D eigenvalue weighted by Gasteiger charge is -2.19. The van der Waals surface area contributed by atoms with Gasteiger partial charge in [0.25, 0.3) is 0 Å². The molecule has 0 aromatic heterocycles. The maximum atomic E-state index is 11.0. The van der Waals surface area contributed by atoms with Crippen molar-refractivity contribution in [1.82, 2.24) is 5.32 Å². The second-order valence-electron chi connectivity index (χ2n) is 3.99. The summed E-state index contributed by atoms with van der Waals surface area (Å²) in [6.45, 7) is 4.55. The number of carbonyl (C=O) groups excluding carboxylic acids is 2. The van der Waals surface area contributed by atoms with Gasteiger partial charge in [0.05, 0.1) is 6.04 Å². The van der Waals surface area contributed by atoms with Crippen LogP contribution < -0.4 is 11.1 Å². The van der Waals surface area contributed by atoms with Crippen LogP contribution in [0.1, 0.15) is 39.5 Å². The van der Waals surface area contributed by atoms with Crippen LogP contribution in [0.5, 0.6) is 0 Å². The Labute approximate surface area is 102 Å². The molecule has 1 amide bonds. The molecule has 0 spiro atoms. The predicted octanol–water partition coefficient (Wildman–Crippen LogP) is 1.41. The molecule has 0 aliphatic carbocycles. The van der Waals surface area contributed by atoms with Crippen molar-refractivity contribution < 1.29 is 9.59 Å². The summed E-state index contributed by atoms with van der Waals surface area (Å²) < 4.78 is 0. The van der Waals surface area contributed by atoms with Crippen molar-refractivity contribution in [3.63, 3.8) is 0 Å². The summed E-state index contributed by atoms with van der Waals surface area (Å²) in [7, 11) is 0. The van der Waals surface area contributed by atoms with Crippen LogP contribution in [0.2, 0.25) is 0 Å². The van der Waals surface area contributed by atoms with E-state index in [4.69, 9.17) is 17.3 Å². The fraction of sp³-hybridized carbons (Fsp3) is 0.818. The molecule has 0 heterocycles. The molecular weight excluding hydrogens is 228 g/mol. The first-order valence-electron chi connectivity index (χ1n) is 5.72. The van der Waals surface area contributed by atoms with E-state index in [1.807, 2.05) is 6.92 Å². The number of rotatable bonds is 9. The number of primary amides is 1. The van der Waals surface area contributed by atoms with Crippen LogP contribution in [-0.4, -0.2) is 23.7 Å². The molecule has 0 rings (SSSR count). The van der Waals surface area contributed by atoms with E-state index in [0.29, 0.717) is 19.4 Å². The Morgan fingerprint density at radius 3 is 2.38 bits per heavy atom. The highest BCUT2D eigenvalue weighted by Crippen LogP contribution is 2.12. The maximum absolute atomic E-state index is 11.0. The molecule has 16 heavy (non-hydrogen) atoms. The maximum Gasteiger partial charge on any atom is 0.234 e. The van der Waals surface area contributed by atoms with E-state index in [1.54, 1.807) is 0 Å². The van der Waals surface area contributed by atoms with Crippen molar-refractivity contribution in [2.45, 2.75) is 45.6 Å². The van der Waals surface area contributed by atoms with Gasteiger partial charge in [0.1, 0.15) is 0 Å². The van der Waals surface area contributed by atoms with Crippen molar-refractivity contribution >= 4 is 22.8 Å². The van der Waals surface area contributed by atoms with Crippen molar-refractivity contribution in [1.29, 1.82) is 0 Å². The van der Waals surface area contributed by atoms with E-state index < -0.39 is 0 Å². The van der Waals surface area contributed by atoms with Gasteiger partial charge in [-0.1, -0.05) is 20.3 Å². The van der Waals surface area contributed by atoms with Gasteiger partial charge < -0.3 is 11.1 Å². The minimum atomic E-state index is -0.352. The molecule has 0 aliphatic rings. The van der Waals surface area contributed by atoms with Gasteiger partial charge in [0.2, 0.25) is 11.1 Å². The summed E-state index contributed by atoms with van der Waals surface area (Å²) in [5.74, 6) is -0.168. The third-order valence-corrected chi connectivity index (χ3v) is 2.71. The fourth-order valence-corrected chi connectivity index (χ4v) is 1.88. The van der Waals surface area contributed by atoms with Gasteiger partial charge in [-0.2, -0.15) is 0 Å². The zero-order valence-corrected chi connectivity index (χ0v) is 10.7. The van der Waals surface area contributed by atoms with Gasteiger partial charge in [-0.05, 0) is 36.9 Å². The molecule has 4 nitrogen and oxygen atoms in total. The first-order chi connectivity index (χ1) is 7.51. The molecule has 0 aromatic carbocycles. The van der Waals surface area contributed by atoms with Crippen LogP contribution in [0.15, 0.2) is 0 Å². The number of nitrogens with two attached hydrogens (primary N) is 1. The van der Waals surface area contributed by atoms with E-state index in [9.17, 15) is 9.59 Å². The highest BCUT2D eigenvalue weighted by atomic mass is 35.5. The predicted molar refractivity (Wildman–Crippen MR) is 65.2 cm³/mol. The smallest absolute Gasteiger partial charge is 0.234 e. The largest absolute Gasteiger partial charge is 0.368 e. The summed E-state index contributed by atoms with van der Waals surface area (Å²) >= 11 is 5.36. The average Bonchev–Trinajstić information content (AvgIpc) is 2.17. The molecule has 0 saturated heterocycles. The second-order valence-corrected chi connectivity index (χ2v) is 4.41. The topological polar surface area (TPSA) is 72.2 Å². The Kier molecular flexibility index (Phi) is 8.21. The molecular formula is C11H21ClN2O2. The zero-order chi connectivity index (χ0) is 12.6. The number of amides is 1. The quantitative estimate of drug-likeness (QED) is 0.606. The van der Waals surface area contributed by atoms with Crippen LogP contribution in [0.25, 0.3) is 0 Å². The molecule has 0 aromatic rings. The highest BCUT2D eigenvalue weighted by Gasteiger charge is 2.16. The van der Waals surface area contributed by atoms with Gasteiger partial charge in [0, 0.05) is 6.42 Å². The molecule has 0 fully saturated rings. The average molecular weight is 249 g/mol. The monoisotopic (exact) mass is 248 g/mol. The van der Waals surface area contributed by atoms with Crippen LogP contribution in [0.3, 0.4) is 0 Å². The lowest BCUT2D eigenvalue weighted by molar-refractivity contribution is -0.120. The Bertz CT molecular complexity index is 234. The van der Waals surface area contributed by atoms with E-state index in [1.165, 1.54) is 0 Å². The molecule has 0 radical (unpaired) electrons. The van der Waals surface area contributed by atoms with Crippen molar-refractivity contribution in [2.24, 2.45) is 11.7 Å². The highest BCUT2D eigenvalue weighted by molar-refractivity contribution is 6.63. The van der Waals surface area contributed by atoms with E-state index >= 15 is 0 Å². The first kappa shape index (κ1) is 15.4. The van der Waals surface area contributed by atoms with E-state index in [0.717, 1.165) is 12.8 Å². The lowest BCUT2D eigenvalue weighted by Crippen LogP contribution is -2.43. The molecule has 2 atom stereocenters. The molecule has 3 N–H and O–H groups in total. The number of nitrogens with one attached hydrogen (secondary N) is 1. The minimum absolute atomic E-state index is 0.184. The number of hydrogen-bond acceptors (Lipinski definition) is 3. The van der Waals surface area contributed by atoms with Gasteiger partial charge in [-0.3, -0.25) is 9.59 Å². The third-order valence-electron chi connectivity index (χ3n) is 2.55. The second kappa shape index (κ2) is 8.53.